The molecule has 12 heavy (non-hydrogen) atoms. The van der Waals surface area contributed by atoms with Gasteiger partial charge in [-0.2, -0.15) is 4.91 Å². The van der Waals surface area contributed by atoms with Gasteiger partial charge in [-0.15, -0.1) is 0 Å². The number of hydrogen-bond donors (Lipinski definition) is 0. The molecule has 0 bridgehead atoms. The van der Waals surface area contributed by atoms with Crippen molar-refractivity contribution < 1.29 is 4.74 Å². The van der Waals surface area contributed by atoms with E-state index in [0.717, 1.165) is 10.2 Å². The van der Waals surface area contributed by atoms with E-state index in [0.29, 0.717) is 6.61 Å². The second-order valence-electron chi connectivity index (χ2n) is 2.13. The van der Waals surface area contributed by atoms with Gasteiger partial charge in [0.15, 0.2) is 0 Å². The van der Waals surface area contributed by atoms with Crippen LogP contribution in [0.5, 0.6) is 5.75 Å². The lowest BCUT2D eigenvalue weighted by Gasteiger charge is -2.04. The van der Waals surface area contributed by atoms with Gasteiger partial charge in [-0.05, 0) is 28.1 Å². The summed E-state index contributed by atoms with van der Waals surface area (Å²) in [5, 5.41) is 2.69. The molecule has 0 saturated carbocycles. The number of nitrogens with zero attached hydrogens (tertiary/aromatic N) is 1. The van der Waals surface area contributed by atoms with Crippen molar-refractivity contribution in [3.8, 4) is 5.75 Å². The zero-order valence-electron chi connectivity index (χ0n) is 6.37. The topological polar surface area (TPSA) is 38.7 Å². The maximum absolute atomic E-state index is 9.74. The van der Waals surface area contributed by atoms with Crippen LogP contribution in [0.3, 0.4) is 0 Å². The highest BCUT2D eigenvalue weighted by Gasteiger charge is 1.97. The van der Waals surface area contributed by atoms with Crippen molar-refractivity contribution >= 4 is 15.9 Å². The fraction of sp³-hybridized carbons (Fsp3) is 0.250. The molecule has 4 heteroatoms. The molecule has 0 radical (unpaired) electrons. The van der Waals surface area contributed by atoms with Crippen molar-refractivity contribution in [3.63, 3.8) is 0 Å². The summed E-state index contributed by atoms with van der Waals surface area (Å²) in [7, 11) is 0. The fourth-order valence-corrected chi connectivity index (χ4v) is 1.15. The van der Waals surface area contributed by atoms with E-state index >= 15 is 0 Å². The molecule has 1 aromatic rings. The Morgan fingerprint density at radius 3 is 2.83 bits per heavy atom. The summed E-state index contributed by atoms with van der Waals surface area (Å²) in [6.45, 7) is 0.507. The minimum atomic E-state index is 0.182. The van der Waals surface area contributed by atoms with Crippen molar-refractivity contribution in [3.05, 3.63) is 33.6 Å². The van der Waals surface area contributed by atoms with Crippen molar-refractivity contribution in [1.82, 2.24) is 0 Å². The second-order valence-corrected chi connectivity index (χ2v) is 2.99. The number of halogens is 1. The van der Waals surface area contributed by atoms with Crippen molar-refractivity contribution in [2.75, 3.05) is 13.2 Å². The van der Waals surface area contributed by atoms with Gasteiger partial charge in [-0.1, -0.05) is 17.3 Å². The van der Waals surface area contributed by atoms with E-state index in [1.54, 1.807) is 0 Å². The summed E-state index contributed by atoms with van der Waals surface area (Å²) >= 11 is 3.31. The van der Waals surface area contributed by atoms with Crippen LogP contribution in [0.2, 0.25) is 0 Å². The molecule has 0 heterocycles. The predicted molar refractivity (Wildman–Crippen MR) is 50.3 cm³/mol. The Balaban J connectivity index is 2.51. The van der Waals surface area contributed by atoms with Crippen LogP contribution in [0.4, 0.5) is 0 Å². The highest BCUT2D eigenvalue weighted by molar-refractivity contribution is 9.10. The van der Waals surface area contributed by atoms with Crippen molar-refractivity contribution in [2.45, 2.75) is 0 Å². The molecule has 0 saturated heterocycles. The first-order valence-corrected chi connectivity index (χ1v) is 4.30. The van der Waals surface area contributed by atoms with Crippen LogP contribution in [0.15, 0.2) is 33.9 Å². The highest BCUT2D eigenvalue weighted by Crippen LogP contribution is 2.23. The van der Waals surface area contributed by atoms with Crippen LogP contribution in [0, 0.1) is 4.91 Å². The molecule has 0 aromatic heterocycles. The van der Waals surface area contributed by atoms with Crippen LogP contribution < -0.4 is 4.74 Å². The van der Waals surface area contributed by atoms with Gasteiger partial charge in [0.2, 0.25) is 0 Å². The van der Waals surface area contributed by atoms with Gasteiger partial charge in [0.1, 0.15) is 18.9 Å². The third-order valence-corrected chi connectivity index (χ3v) is 1.93. The Kier molecular flexibility index (Phi) is 3.73. The smallest absolute Gasteiger partial charge is 0.133 e. The van der Waals surface area contributed by atoms with Gasteiger partial charge in [-0.3, -0.25) is 0 Å². The first kappa shape index (κ1) is 9.19. The Bertz CT molecular complexity index is 265. The summed E-state index contributed by atoms with van der Waals surface area (Å²) in [6.07, 6.45) is 0. The van der Waals surface area contributed by atoms with E-state index in [-0.39, 0.29) is 6.54 Å². The average molecular weight is 230 g/mol. The molecular weight excluding hydrogens is 222 g/mol. The minimum absolute atomic E-state index is 0.182. The molecule has 0 fully saturated rings. The van der Waals surface area contributed by atoms with E-state index in [1.807, 2.05) is 24.3 Å². The van der Waals surface area contributed by atoms with Gasteiger partial charge >= 0.3 is 0 Å². The molecular formula is C8H8BrNO2. The Labute approximate surface area is 78.8 Å². The number of hydrogen-bond acceptors (Lipinski definition) is 3. The van der Waals surface area contributed by atoms with E-state index in [4.69, 9.17) is 4.74 Å². The van der Waals surface area contributed by atoms with E-state index in [2.05, 4.69) is 21.1 Å². The molecule has 0 N–H and O–H groups in total. The van der Waals surface area contributed by atoms with Crippen LogP contribution in [-0.4, -0.2) is 13.2 Å². The maximum atomic E-state index is 9.74. The number of rotatable bonds is 4. The van der Waals surface area contributed by atoms with Gasteiger partial charge < -0.3 is 4.74 Å². The van der Waals surface area contributed by atoms with E-state index in [1.165, 1.54) is 0 Å². The standard InChI is InChI=1S/C8H8BrNO2/c9-7-3-1-2-4-8(7)12-6-5-10-11/h1-4H,5-6H2. The van der Waals surface area contributed by atoms with Crippen LogP contribution >= 0.6 is 15.9 Å². The Morgan fingerprint density at radius 2 is 2.17 bits per heavy atom. The molecule has 0 aliphatic carbocycles. The third kappa shape index (κ3) is 2.62. The SMILES string of the molecule is O=NCCOc1ccccc1Br. The molecule has 0 aliphatic rings. The normalized spacial score (nSPS) is 9.42. The molecule has 1 aromatic carbocycles. The van der Waals surface area contributed by atoms with Crippen molar-refractivity contribution in [2.24, 2.45) is 5.18 Å². The quantitative estimate of drug-likeness (QED) is 0.589. The summed E-state index contributed by atoms with van der Waals surface area (Å²) in [6, 6.07) is 7.47. The van der Waals surface area contributed by atoms with Gasteiger partial charge in [0.05, 0.1) is 4.47 Å². The summed E-state index contributed by atoms with van der Waals surface area (Å²) < 4.78 is 6.12. The number of ether oxygens (including phenoxy) is 1. The Morgan fingerprint density at radius 1 is 1.42 bits per heavy atom. The second kappa shape index (κ2) is 4.87. The lowest BCUT2D eigenvalue weighted by Crippen LogP contribution is -2.00. The van der Waals surface area contributed by atoms with Gasteiger partial charge in [0.25, 0.3) is 0 Å². The van der Waals surface area contributed by atoms with Gasteiger partial charge in [0, 0.05) is 0 Å². The van der Waals surface area contributed by atoms with Crippen LogP contribution in [0.25, 0.3) is 0 Å². The predicted octanol–water partition coefficient (Wildman–Crippen LogP) is 2.59. The maximum Gasteiger partial charge on any atom is 0.133 e. The summed E-state index contributed by atoms with van der Waals surface area (Å²) in [5.41, 5.74) is 0. The summed E-state index contributed by atoms with van der Waals surface area (Å²) in [5.74, 6) is 0.737. The molecule has 0 unspecified atom stereocenters. The highest BCUT2D eigenvalue weighted by atomic mass is 79.9. The fourth-order valence-electron chi connectivity index (χ4n) is 0.755. The first-order chi connectivity index (χ1) is 5.84. The molecule has 0 amide bonds. The first-order valence-electron chi connectivity index (χ1n) is 3.51. The Hall–Kier alpha value is -0.900. The zero-order valence-corrected chi connectivity index (χ0v) is 7.95. The lowest BCUT2D eigenvalue weighted by atomic mass is 10.3. The molecule has 1 rings (SSSR count). The monoisotopic (exact) mass is 229 g/mol. The molecule has 0 spiro atoms. The number of para-hydroxylation sites is 1. The minimum Gasteiger partial charge on any atom is -0.490 e. The van der Waals surface area contributed by atoms with Crippen LogP contribution in [-0.2, 0) is 0 Å². The molecule has 3 nitrogen and oxygen atoms in total. The molecule has 0 atom stereocenters. The number of nitroso groups, excluding NO2 is 1. The average Bonchev–Trinajstić information content (AvgIpc) is 2.09. The lowest BCUT2D eigenvalue weighted by molar-refractivity contribution is 0.326. The summed E-state index contributed by atoms with van der Waals surface area (Å²) in [4.78, 5) is 9.74. The third-order valence-electron chi connectivity index (χ3n) is 1.28. The largest absolute Gasteiger partial charge is 0.490 e. The zero-order chi connectivity index (χ0) is 8.81. The van der Waals surface area contributed by atoms with E-state index in [9.17, 15) is 4.91 Å². The molecule has 0 aliphatic heterocycles. The van der Waals surface area contributed by atoms with Gasteiger partial charge in [-0.25, -0.2) is 0 Å². The molecule has 64 valence electrons. The number of benzene rings is 1. The van der Waals surface area contributed by atoms with Crippen LogP contribution in [0.1, 0.15) is 0 Å². The van der Waals surface area contributed by atoms with E-state index < -0.39 is 0 Å². The van der Waals surface area contributed by atoms with Crippen molar-refractivity contribution in [1.29, 1.82) is 0 Å².